The third kappa shape index (κ3) is 6.48. The summed E-state index contributed by atoms with van der Waals surface area (Å²) in [5, 5.41) is 0. The van der Waals surface area contributed by atoms with E-state index in [0.29, 0.717) is 23.7 Å². The average Bonchev–Trinajstić information content (AvgIpc) is 3.66. The molecule has 0 fully saturated rings. The molecule has 50 heavy (non-hydrogen) atoms. The van der Waals surface area contributed by atoms with Crippen LogP contribution >= 0.6 is 17.0 Å². The van der Waals surface area contributed by atoms with Gasteiger partial charge in [-0.15, -0.1) is 0 Å². The molecular weight excluding hydrogens is 743 g/mol. The Morgan fingerprint density at radius 1 is 0.540 bits per heavy atom. The Hall–Kier alpha value is -1.96. The summed E-state index contributed by atoms with van der Waals surface area (Å²) in [6.07, 6.45) is 7.17. The van der Waals surface area contributed by atoms with Crippen molar-refractivity contribution in [1.82, 2.24) is 0 Å². The van der Waals surface area contributed by atoms with Crippen molar-refractivity contribution in [2.45, 2.75) is 88.6 Å². The fourth-order valence-corrected chi connectivity index (χ4v) is 40.7. The van der Waals surface area contributed by atoms with Crippen molar-refractivity contribution in [3.05, 3.63) is 129 Å². The van der Waals surface area contributed by atoms with Crippen LogP contribution in [0.5, 0.6) is 0 Å². The second-order valence-corrected chi connectivity index (χ2v) is 59.5. The van der Waals surface area contributed by atoms with Crippen LogP contribution in [-0.4, -0.2) is 5.92 Å². The van der Waals surface area contributed by atoms with E-state index in [0.717, 1.165) is 12.8 Å². The van der Waals surface area contributed by atoms with Crippen LogP contribution in [0.1, 0.15) is 96.0 Å². The van der Waals surface area contributed by atoms with Gasteiger partial charge in [0.2, 0.25) is 0 Å². The van der Waals surface area contributed by atoms with Gasteiger partial charge in [0.1, 0.15) is 0 Å². The van der Waals surface area contributed by atoms with E-state index < -0.39 is 21.5 Å². The van der Waals surface area contributed by atoms with Crippen molar-refractivity contribution in [2.24, 2.45) is 23.7 Å². The van der Waals surface area contributed by atoms with Gasteiger partial charge in [-0.2, -0.15) is 0 Å². The standard InChI is InChI=1S/2C22H25.C2H7Si.2ClH.Zr/c2*1-15(2)12-19-11-10-18-13-20(16(3)4)14-21(18)22(19)17-8-6-5-7-9-17;1-3-2;;;/h2*5-11,13-16H,12H2,1-4H3;3H,1-2H3;2*1H;/q;;;;;+2/p-2. The van der Waals surface area contributed by atoms with Crippen LogP contribution in [0.4, 0.5) is 0 Å². The van der Waals surface area contributed by atoms with Gasteiger partial charge in [0.25, 0.3) is 0 Å². The molecule has 0 aliphatic heterocycles. The van der Waals surface area contributed by atoms with Crippen LogP contribution in [0, 0.1) is 23.7 Å². The normalized spacial score (nSPS) is 18.1. The zero-order chi connectivity index (χ0) is 36.1. The molecule has 2 unspecified atom stereocenters. The van der Waals surface area contributed by atoms with Gasteiger partial charge >= 0.3 is 315 Å². The van der Waals surface area contributed by atoms with Crippen LogP contribution in [0.15, 0.2) is 96.1 Å². The van der Waals surface area contributed by atoms with Gasteiger partial charge in [-0.05, 0) is 0 Å². The van der Waals surface area contributed by atoms with Gasteiger partial charge in [0.05, 0.1) is 0 Å². The molecule has 0 amide bonds. The molecule has 0 nitrogen and oxygen atoms in total. The van der Waals surface area contributed by atoms with Crippen LogP contribution < -0.4 is 0 Å². The van der Waals surface area contributed by atoms with E-state index in [9.17, 15) is 0 Å². The first-order chi connectivity index (χ1) is 23.6. The first kappa shape index (κ1) is 37.8. The zero-order valence-corrected chi connectivity index (χ0v) is 37.1. The first-order valence-corrected chi connectivity index (χ1v) is 35.4. The van der Waals surface area contributed by atoms with Gasteiger partial charge in [0.15, 0.2) is 0 Å². The molecule has 2 aliphatic rings. The van der Waals surface area contributed by atoms with Crippen molar-refractivity contribution in [3.63, 3.8) is 0 Å². The molecule has 4 aromatic rings. The summed E-state index contributed by atoms with van der Waals surface area (Å²) in [5.74, 6) is 0.0992. The van der Waals surface area contributed by atoms with Crippen molar-refractivity contribution in [3.8, 4) is 22.3 Å². The van der Waals surface area contributed by atoms with Crippen LogP contribution in [0.3, 0.4) is 0 Å². The quantitative estimate of drug-likeness (QED) is 0.133. The summed E-state index contributed by atoms with van der Waals surface area (Å²) in [7, 11) is 17.8. The molecule has 0 radical (unpaired) electrons. The molecule has 6 rings (SSSR count). The minimum absolute atomic E-state index is 0.0746. The predicted octanol–water partition coefficient (Wildman–Crippen LogP) is 14.3. The third-order valence-electron chi connectivity index (χ3n) is 11.6. The molecule has 0 aromatic heterocycles. The topological polar surface area (TPSA) is 0 Å². The average molecular weight is 800 g/mol. The summed E-state index contributed by atoms with van der Waals surface area (Å²) >= 11 is -4.96. The van der Waals surface area contributed by atoms with E-state index in [1.54, 1.807) is 0 Å². The number of hydrogen-bond donors (Lipinski definition) is 0. The van der Waals surface area contributed by atoms with Crippen LogP contribution in [0.2, 0.25) is 13.1 Å². The van der Waals surface area contributed by atoms with Crippen LogP contribution in [0.25, 0.3) is 34.4 Å². The number of allylic oxidation sites excluding steroid dienone is 2. The Balaban J connectivity index is 1.66. The molecule has 0 spiro atoms. The van der Waals surface area contributed by atoms with Crippen molar-refractivity contribution in [1.29, 1.82) is 0 Å². The molecule has 0 heterocycles. The summed E-state index contributed by atoms with van der Waals surface area (Å²) < 4.78 is 0.149. The van der Waals surface area contributed by atoms with E-state index in [2.05, 4.69) is 166 Å². The second-order valence-electron chi connectivity index (χ2n) is 17.0. The number of halogens is 2. The van der Waals surface area contributed by atoms with Crippen molar-refractivity contribution in [2.75, 3.05) is 0 Å². The molecular formula is C46H57Cl2SiZr. The second kappa shape index (κ2) is 14.5. The Labute approximate surface area is 312 Å². The Kier molecular flexibility index (Phi) is 10.9. The fraction of sp³-hybridized carbons (Fsp3) is 0.391. The first-order valence-electron chi connectivity index (χ1n) is 19.1. The Morgan fingerprint density at radius 3 is 1.20 bits per heavy atom. The number of hydrogen-bond acceptors (Lipinski definition) is 0. The molecule has 4 aromatic carbocycles. The van der Waals surface area contributed by atoms with Gasteiger partial charge in [-0.1, -0.05) is 0 Å². The van der Waals surface area contributed by atoms with E-state index in [-0.39, 0.29) is 7.25 Å². The molecule has 4 heteroatoms. The van der Waals surface area contributed by atoms with E-state index in [1.165, 1.54) is 66.8 Å². The molecule has 0 saturated carbocycles. The van der Waals surface area contributed by atoms with E-state index >= 15 is 0 Å². The van der Waals surface area contributed by atoms with Gasteiger partial charge in [-0.25, -0.2) is 0 Å². The maximum absolute atomic E-state index is 8.88. The summed E-state index contributed by atoms with van der Waals surface area (Å²) in [5.41, 5.74) is 16.6. The molecule has 0 N–H and O–H groups in total. The Morgan fingerprint density at radius 2 is 0.900 bits per heavy atom. The van der Waals surface area contributed by atoms with E-state index in [1.807, 2.05) is 0 Å². The van der Waals surface area contributed by atoms with Gasteiger partial charge in [0, 0.05) is 0 Å². The molecule has 2 aliphatic carbocycles. The maximum atomic E-state index is 8.88. The fourth-order valence-electron chi connectivity index (χ4n) is 9.21. The van der Waals surface area contributed by atoms with Crippen molar-refractivity contribution >= 4 is 35.1 Å². The minimum atomic E-state index is -4.96. The number of benzene rings is 4. The van der Waals surface area contributed by atoms with Gasteiger partial charge < -0.3 is 0 Å². The third-order valence-corrected chi connectivity index (χ3v) is 63.2. The summed E-state index contributed by atoms with van der Waals surface area (Å²) in [6.45, 7) is 23.7. The van der Waals surface area contributed by atoms with E-state index in [4.69, 9.17) is 17.0 Å². The Bertz CT molecular complexity index is 1800. The molecule has 0 saturated heterocycles. The molecule has 2 atom stereocenters. The number of fused-ring (bicyclic) bond motifs is 2. The summed E-state index contributed by atoms with van der Waals surface area (Å²) in [4.78, 5) is 0. The van der Waals surface area contributed by atoms with Gasteiger partial charge in [-0.3, -0.25) is 0 Å². The number of rotatable bonds is 11. The molecule has 0 bridgehead atoms. The van der Waals surface area contributed by atoms with Crippen LogP contribution in [-0.2, 0) is 28.4 Å². The predicted molar refractivity (Wildman–Crippen MR) is 223 cm³/mol. The zero-order valence-electron chi connectivity index (χ0n) is 31.9. The SMILES string of the molecule is CC(C)Cc1ccc2c(c1-c1ccccc1)C=C(C(C)C)[CH]2[Zr]([Cl])([Cl])([CH]1C(C(C)C)=Cc2c1ccc(CC(C)C)c2-c1ccccc1)[SiH](C)C. The monoisotopic (exact) mass is 797 g/mol. The molecule has 263 valence electrons. The summed E-state index contributed by atoms with van der Waals surface area (Å²) in [6, 6.07) is 31.8. The van der Waals surface area contributed by atoms with Crippen molar-refractivity contribution < 1.29 is 15.6 Å².